The van der Waals surface area contributed by atoms with E-state index in [0.717, 1.165) is 26.2 Å². The van der Waals surface area contributed by atoms with Gasteiger partial charge in [-0.05, 0) is 19.1 Å². The summed E-state index contributed by atoms with van der Waals surface area (Å²) >= 11 is 0. The Morgan fingerprint density at radius 3 is 2.21 bits per heavy atom. The Kier molecular flexibility index (Phi) is 4.55. The Hall–Kier alpha value is -1.84. The minimum atomic E-state index is 0.0799. The van der Waals surface area contributed by atoms with E-state index in [-0.39, 0.29) is 11.7 Å². The van der Waals surface area contributed by atoms with Gasteiger partial charge in [0, 0.05) is 44.7 Å². The number of ketones is 1. The molecule has 1 aromatic carbocycles. The van der Waals surface area contributed by atoms with Gasteiger partial charge in [0.1, 0.15) is 5.78 Å². The van der Waals surface area contributed by atoms with Gasteiger partial charge >= 0.3 is 0 Å². The highest BCUT2D eigenvalue weighted by atomic mass is 16.2. The third-order valence-corrected chi connectivity index (χ3v) is 3.44. The third kappa shape index (κ3) is 3.81. The molecule has 19 heavy (non-hydrogen) atoms. The van der Waals surface area contributed by atoms with Gasteiger partial charge in [0.05, 0.1) is 0 Å². The first-order chi connectivity index (χ1) is 9.16. The first-order valence-electron chi connectivity index (χ1n) is 6.74. The average Bonchev–Trinajstić information content (AvgIpc) is 2.46. The normalized spacial score (nSPS) is 15.4. The van der Waals surface area contributed by atoms with Gasteiger partial charge in [0.2, 0.25) is 5.91 Å². The molecule has 1 aliphatic heterocycles. The van der Waals surface area contributed by atoms with E-state index < -0.39 is 0 Å². The lowest BCUT2D eigenvalue weighted by Crippen LogP contribution is -2.48. The van der Waals surface area contributed by atoms with Crippen LogP contribution >= 0.6 is 0 Å². The SMILES string of the molecule is CC(=O)CCC(=O)N1CCN(c2ccccc2)CC1. The molecule has 0 aromatic heterocycles. The minimum Gasteiger partial charge on any atom is -0.368 e. The molecule has 2 rings (SSSR count). The molecule has 1 amide bonds. The van der Waals surface area contributed by atoms with E-state index in [1.165, 1.54) is 12.6 Å². The maximum atomic E-state index is 11.9. The van der Waals surface area contributed by atoms with Crippen molar-refractivity contribution in [1.82, 2.24) is 4.90 Å². The van der Waals surface area contributed by atoms with E-state index in [2.05, 4.69) is 17.0 Å². The second-order valence-corrected chi connectivity index (χ2v) is 4.91. The second kappa shape index (κ2) is 6.36. The Morgan fingerprint density at radius 2 is 1.63 bits per heavy atom. The molecule has 0 spiro atoms. The molecule has 0 aliphatic carbocycles. The molecule has 4 nitrogen and oxygen atoms in total. The van der Waals surface area contributed by atoms with Crippen LogP contribution in [-0.4, -0.2) is 42.8 Å². The smallest absolute Gasteiger partial charge is 0.223 e. The van der Waals surface area contributed by atoms with Gasteiger partial charge in [0.15, 0.2) is 0 Å². The third-order valence-electron chi connectivity index (χ3n) is 3.44. The van der Waals surface area contributed by atoms with Crippen LogP contribution in [0.3, 0.4) is 0 Å². The second-order valence-electron chi connectivity index (χ2n) is 4.91. The predicted octanol–water partition coefficient (Wildman–Crippen LogP) is 1.70. The number of amides is 1. The molecular formula is C15H20N2O2. The van der Waals surface area contributed by atoms with Crippen molar-refractivity contribution >= 4 is 17.4 Å². The molecule has 1 fully saturated rings. The molecule has 0 radical (unpaired) electrons. The van der Waals surface area contributed by atoms with Gasteiger partial charge in [0.25, 0.3) is 0 Å². The molecule has 0 saturated carbocycles. The molecule has 1 heterocycles. The fourth-order valence-electron chi connectivity index (χ4n) is 2.29. The molecule has 102 valence electrons. The first-order valence-corrected chi connectivity index (χ1v) is 6.74. The van der Waals surface area contributed by atoms with Gasteiger partial charge in [-0.2, -0.15) is 0 Å². The number of carbonyl (C=O) groups excluding carboxylic acids is 2. The predicted molar refractivity (Wildman–Crippen MR) is 75.2 cm³/mol. The Labute approximate surface area is 114 Å². The van der Waals surface area contributed by atoms with Crippen molar-refractivity contribution in [3.05, 3.63) is 30.3 Å². The van der Waals surface area contributed by atoms with E-state index in [1.807, 2.05) is 23.1 Å². The number of carbonyl (C=O) groups is 2. The van der Waals surface area contributed by atoms with E-state index in [9.17, 15) is 9.59 Å². The summed E-state index contributed by atoms with van der Waals surface area (Å²) in [5, 5.41) is 0. The van der Waals surface area contributed by atoms with Crippen molar-refractivity contribution in [2.45, 2.75) is 19.8 Å². The summed E-state index contributed by atoms with van der Waals surface area (Å²) in [6.45, 7) is 4.73. The summed E-state index contributed by atoms with van der Waals surface area (Å²) in [7, 11) is 0. The van der Waals surface area contributed by atoms with Crippen molar-refractivity contribution in [3.8, 4) is 0 Å². The van der Waals surface area contributed by atoms with E-state index in [1.54, 1.807) is 0 Å². The fraction of sp³-hybridized carbons (Fsp3) is 0.467. The van der Waals surface area contributed by atoms with Crippen LogP contribution in [0.2, 0.25) is 0 Å². The zero-order chi connectivity index (χ0) is 13.7. The quantitative estimate of drug-likeness (QED) is 0.827. The van der Waals surface area contributed by atoms with Crippen LogP contribution in [0.5, 0.6) is 0 Å². The van der Waals surface area contributed by atoms with Crippen LogP contribution in [0.15, 0.2) is 30.3 Å². The van der Waals surface area contributed by atoms with Gasteiger partial charge < -0.3 is 14.6 Å². The highest BCUT2D eigenvalue weighted by molar-refractivity contribution is 5.83. The van der Waals surface area contributed by atoms with Crippen molar-refractivity contribution in [2.75, 3.05) is 31.1 Å². The van der Waals surface area contributed by atoms with E-state index >= 15 is 0 Å². The largest absolute Gasteiger partial charge is 0.368 e. The zero-order valence-corrected chi connectivity index (χ0v) is 11.3. The topological polar surface area (TPSA) is 40.6 Å². The maximum absolute atomic E-state index is 11.9. The number of anilines is 1. The van der Waals surface area contributed by atoms with Crippen molar-refractivity contribution in [1.29, 1.82) is 0 Å². The summed E-state index contributed by atoms with van der Waals surface area (Å²) < 4.78 is 0. The van der Waals surface area contributed by atoms with Crippen molar-refractivity contribution in [2.24, 2.45) is 0 Å². The number of hydrogen-bond acceptors (Lipinski definition) is 3. The average molecular weight is 260 g/mol. The van der Waals surface area contributed by atoms with Crippen LogP contribution in [0.25, 0.3) is 0 Å². The molecule has 0 unspecified atom stereocenters. The summed E-state index contributed by atoms with van der Waals surface area (Å²) in [6, 6.07) is 10.2. The Balaban J connectivity index is 1.82. The summed E-state index contributed by atoms with van der Waals surface area (Å²) in [5.74, 6) is 0.180. The van der Waals surface area contributed by atoms with Crippen molar-refractivity contribution in [3.63, 3.8) is 0 Å². The number of hydrogen-bond donors (Lipinski definition) is 0. The standard InChI is InChI=1S/C15H20N2O2/c1-13(18)7-8-15(19)17-11-9-16(10-12-17)14-5-3-2-4-6-14/h2-6H,7-12H2,1H3. The molecule has 0 atom stereocenters. The lowest BCUT2D eigenvalue weighted by atomic mass is 10.2. The molecule has 4 heteroatoms. The lowest BCUT2D eigenvalue weighted by molar-refractivity contribution is -0.133. The lowest BCUT2D eigenvalue weighted by Gasteiger charge is -2.36. The van der Waals surface area contributed by atoms with E-state index in [4.69, 9.17) is 0 Å². The highest BCUT2D eigenvalue weighted by Crippen LogP contribution is 2.16. The molecule has 1 saturated heterocycles. The molecular weight excluding hydrogens is 240 g/mol. The first kappa shape index (κ1) is 13.6. The van der Waals surface area contributed by atoms with Crippen LogP contribution in [0, 0.1) is 0 Å². The molecule has 0 bridgehead atoms. The summed E-state index contributed by atoms with van der Waals surface area (Å²) in [4.78, 5) is 26.9. The molecule has 0 N–H and O–H groups in total. The summed E-state index contributed by atoms with van der Waals surface area (Å²) in [5.41, 5.74) is 1.21. The monoisotopic (exact) mass is 260 g/mol. The van der Waals surface area contributed by atoms with Gasteiger partial charge in [-0.15, -0.1) is 0 Å². The number of Topliss-reactive ketones (excluding diaryl/α,β-unsaturated/α-hetero) is 1. The molecule has 1 aliphatic rings. The Morgan fingerprint density at radius 1 is 1.00 bits per heavy atom. The zero-order valence-electron chi connectivity index (χ0n) is 11.3. The fourth-order valence-corrected chi connectivity index (χ4v) is 2.29. The van der Waals surface area contributed by atoms with Gasteiger partial charge in [-0.25, -0.2) is 0 Å². The number of rotatable bonds is 4. The van der Waals surface area contributed by atoms with Crippen LogP contribution in [0.1, 0.15) is 19.8 Å². The van der Waals surface area contributed by atoms with Crippen LogP contribution < -0.4 is 4.90 Å². The number of benzene rings is 1. The number of para-hydroxylation sites is 1. The number of nitrogens with zero attached hydrogens (tertiary/aromatic N) is 2. The van der Waals surface area contributed by atoms with E-state index in [0.29, 0.717) is 12.8 Å². The van der Waals surface area contributed by atoms with Crippen molar-refractivity contribution < 1.29 is 9.59 Å². The number of piperazine rings is 1. The Bertz CT molecular complexity index is 437. The van der Waals surface area contributed by atoms with Gasteiger partial charge in [-0.1, -0.05) is 18.2 Å². The molecule has 1 aromatic rings. The van der Waals surface area contributed by atoms with Crippen LogP contribution in [0.4, 0.5) is 5.69 Å². The van der Waals surface area contributed by atoms with Gasteiger partial charge in [-0.3, -0.25) is 4.79 Å². The summed E-state index contributed by atoms with van der Waals surface area (Å²) in [6.07, 6.45) is 0.707. The minimum absolute atomic E-state index is 0.0799. The maximum Gasteiger partial charge on any atom is 0.223 e. The highest BCUT2D eigenvalue weighted by Gasteiger charge is 2.20. The van der Waals surface area contributed by atoms with Crippen LogP contribution in [-0.2, 0) is 9.59 Å².